The first kappa shape index (κ1) is 17.6. The Morgan fingerprint density at radius 3 is 2.68 bits per heavy atom. The fraction of sp³-hybridized carbons (Fsp3) is 0.240. The maximum absolute atomic E-state index is 4.40. The molecule has 0 amide bonds. The number of piperidine rings is 1. The molecule has 3 aromatic rings. The van der Waals surface area contributed by atoms with Crippen LogP contribution in [-0.4, -0.2) is 23.0 Å². The Labute approximate surface area is 170 Å². The van der Waals surface area contributed by atoms with Gasteiger partial charge in [0.05, 0.1) is 0 Å². The molecule has 2 nitrogen and oxygen atoms in total. The first-order chi connectivity index (χ1) is 13.8. The van der Waals surface area contributed by atoms with Gasteiger partial charge in [-0.1, -0.05) is 42.5 Å². The standard InChI is InChI=1S/C25H24N2S/c1-18-15-21-6-2-3-7-22(21)24(23-10-14-28-25(18)23)20-8-12-27(13-9-20)17-19-5-4-11-26-16-19/h2-7,10-11,14,16H,1,8-9,12-13,15,17H2. The molecule has 1 aliphatic carbocycles. The monoisotopic (exact) mass is 384 g/mol. The minimum absolute atomic E-state index is 0.952. The topological polar surface area (TPSA) is 16.1 Å². The van der Waals surface area contributed by atoms with Gasteiger partial charge >= 0.3 is 0 Å². The van der Waals surface area contributed by atoms with E-state index in [4.69, 9.17) is 0 Å². The summed E-state index contributed by atoms with van der Waals surface area (Å²) in [5, 5.41) is 2.22. The molecule has 5 rings (SSSR count). The normalized spacial score (nSPS) is 17.2. The van der Waals surface area contributed by atoms with Gasteiger partial charge in [0, 0.05) is 42.5 Å². The van der Waals surface area contributed by atoms with Crippen LogP contribution in [-0.2, 0) is 13.0 Å². The highest BCUT2D eigenvalue weighted by molar-refractivity contribution is 7.11. The Morgan fingerprint density at radius 1 is 1.00 bits per heavy atom. The van der Waals surface area contributed by atoms with Gasteiger partial charge in [0.2, 0.25) is 0 Å². The van der Waals surface area contributed by atoms with Crippen LogP contribution in [0.2, 0.25) is 0 Å². The van der Waals surface area contributed by atoms with Gasteiger partial charge in [0.15, 0.2) is 0 Å². The molecule has 1 fully saturated rings. The van der Waals surface area contributed by atoms with E-state index < -0.39 is 0 Å². The number of likely N-dealkylation sites (tertiary alicyclic amines) is 1. The number of thiophene rings is 1. The second-order valence-electron chi connectivity index (χ2n) is 7.72. The van der Waals surface area contributed by atoms with Crippen LogP contribution in [0.4, 0.5) is 0 Å². The minimum Gasteiger partial charge on any atom is -0.298 e. The zero-order chi connectivity index (χ0) is 18.9. The van der Waals surface area contributed by atoms with Gasteiger partial charge < -0.3 is 0 Å². The van der Waals surface area contributed by atoms with Crippen molar-refractivity contribution in [2.75, 3.05) is 13.1 Å². The van der Waals surface area contributed by atoms with Crippen LogP contribution in [0.15, 0.2) is 72.4 Å². The molecule has 3 heterocycles. The summed E-state index contributed by atoms with van der Waals surface area (Å²) in [6, 6.07) is 15.4. The van der Waals surface area contributed by atoms with E-state index in [9.17, 15) is 0 Å². The van der Waals surface area contributed by atoms with E-state index in [1.165, 1.54) is 38.3 Å². The number of benzene rings is 1. The molecule has 0 N–H and O–H groups in total. The molecular weight excluding hydrogens is 360 g/mol. The number of aromatic nitrogens is 1. The molecule has 0 radical (unpaired) electrons. The highest BCUT2D eigenvalue weighted by atomic mass is 32.1. The third-order valence-corrected chi connectivity index (χ3v) is 6.90. The van der Waals surface area contributed by atoms with Crippen LogP contribution in [0.25, 0.3) is 11.1 Å². The number of hydrogen-bond donors (Lipinski definition) is 0. The van der Waals surface area contributed by atoms with Crippen LogP contribution in [0, 0.1) is 0 Å². The molecule has 1 aromatic carbocycles. The van der Waals surface area contributed by atoms with Crippen molar-refractivity contribution in [1.29, 1.82) is 0 Å². The maximum Gasteiger partial charge on any atom is 0.0378 e. The van der Waals surface area contributed by atoms with Crippen LogP contribution < -0.4 is 0 Å². The molecular formula is C25H24N2S. The Kier molecular flexibility index (Phi) is 4.71. The Bertz CT molecular complexity index is 1040. The van der Waals surface area contributed by atoms with Crippen molar-refractivity contribution >= 4 is 22.5 Å². The van der Waals surface area contributed by atoms with Crippen molar-refractivity contribution in [2.45, 2.75) is 25.8 Å². The zero-order valence-electron chi connectivity index (χ0n) is 16.0. The molecule has 0 unspecified atom stereocenters. The summed E-state index contributed by atoms with van der Waals surface area (Å²) in [5.41, 5.74) is 9.86. The second-order valence-corrected chi connectivity index (χ2v) is 8.63. The molecule has 2 aliphatic rings. The molecule has 28 heavy (non-hydrogen) atoms. The lowest BCUT2D eigenvalue weighted by Crippen LogP contribution is -2.30. The van der Waals surface area contributed by atoms with Gasteiger partial charge in [0.25, 0.3) is 0 Å². The smallest absolute Gasteiger partial charge is 0.0378 e. The van der Waals surface area contributed by atoms with Crippen molar-refractivity contribution in [2.24, 2.45) is 0 Å². The lowest BCUT2D eigenvalue weighted by atomic mass is 9.87. The van der Waals surface area contributed by atoms with Crippen LogP contribution in [0.5, 0.6) is 0 Å². The number of rotatable bonds is 2. The first-order valence-electron chi connectivity index (χ1n) is 9.97. The predicted octanol–water partition coefficient (Wildman–Crippen LogP) is 5.81. The van der Waals surface area contributed by atoms with E-state index in [1.54, 1.807) is 5.57 Å². The zero-order valence-corrected chi connectivity index (χ0v) is 16.8. The Balaban J connectivity index is 1.48. The van der Waals surface area contributed by atoms with E-state index in [0.29, 0.717) is 0 Å². The molecule has 0 bridgehead atoms. The average Bonchev–Trinajstić information content (AvgIpc) is 3.17. The number of fused-ring (bicyclic) bond motifs is 2. The van der Waals surface area contributed by atoms with E-state index in [0.717, 1.165) is 38.9 Å². The summed E-state index contributed by atoms with van der Waals surface area (Å²) in [6.45, 7) is 7.61. The average molecular weight is 385 g/mol. The molecule has 0 saturated carbocycles. The molecule has 0 atom stereocenters. The molecule has 1 aliphatic heterocycles. The van der Waals surface area contributed by atoms with E-state index in [-0.39, 0.29) is 0 Å². The Morgan fingerprint density at radius 2 is 1.86 bits per heavy atom. The van der Waals surface area contributed by atoms with E-state index in [1.807, 2.05) is 29.8 Å². The highest BCUT2D eigenvalue weighted by Crippen LogP contribution is 2.43. The van der Waals surface area contributed by atoms with Crippen LogP contribution in [0.3, 0.4) is 0 Å². The van der Waals surface area contributed by atoms with Gasteiger partial charge in [-0.3, -0.25) is 9.88 Å². The van der Waals surface area contributed by atoms with Crippen LogP contribution in [0.1, 0.15) is 40.0 Å². The number of pyridine rings is 1. The van der Waals surface area contributed by atoms with Crippen molar-refractivity contribution in [3.63, 3.8) is 0 Å². The summed E-state index contributed by atoms with van der Waals surface area (Å²) in [6.07, 6.45) is 7.04. The number of hydrogen-bond acceptors (Lipinski definition) is 3. The first-order valence-corrected chi connectivity index (χ1v) is 10.8. The van der Waals surface area contributed by atoms with Gasteiger partial charge in [-0.2, -0.15) is 0 Å². The van der Waals surface area contributed by atoms with Crippen molar-refractivity contribution in [1.82, 2.24) is 9.88 Å². The summed E-state index contributed by atoms with van der Waals surface area (Å²) in [5.74, 6) is 0. The molecule has 3 heteroatoms. The molecule has 140 valence electrons. The quantitative estimate of drug-likeness (QED) is 0.554. The van der Waals surface area contributed by atoms with Crippen molar-refractivity contribution in [3.8, 4) is 0 Å². The minimum atomic E-state index is 0.952. The summed E-state index contributed by atoms with van der Waals surface area (Å²) >= 11 is 1.84. The van der Waals surface area contributed by atoms with Gasteiger partial charge in [0.1, 0.15) is 0 Å². The van der Waals surface area contributed by atoms with Crippen LogP contribution >= 0.6 is 11.3 Å². The molecule has 2 aromatic heterocycles. The fourth-order valence-corrected chi connectivity index (χ4v) is 5.39. The lowest BCUT2D eigenvalue weighted by Gasteiger charge is -2.30. The fourth-order valence-electron chi connectivity index (χ4n) is 4.52. The van der Waals surface area contributed by atoms with Gasteiger partial charge in [-0.25, -0.2) is 0 Å². The van der Waals surface area contributed by atoms with E-state index in [2.05, 4.69) is 58.2 Å². The third kappa shape index (κ3) is 3.25. The highest BCUT2D eigenvalue weighted by Gasteiger charge is 2.25. The SMILES string of the molecule is C=C1Cc2ccccc2C(=C2CCN(Cc3cccnc3)CC2)c2ccsc21. The molecule has 1 saturated heterocycles. The predicted molar refractivity (Wildman–Crippen MR) is 118 cm³/mol. The van der Waals surface area contributed by atoms with Crippen molar-refractivity contribution in [3.05, 3.63) is 99.5 Å². The van der Waals surface area contributed by atoms with Crippen molar-refractivity contribution < 1.29 is 0 Å². The summed E-state index contributed by atoms with van der Waals surface area (Å²) in [7, 11) is 0. The van der Waals surface area contributed by atoms with Gasteiger partial charge in [-0.15, -0.1) is 11.3 Å². The number of nitrogens with zero attached hydrogens (tertiary/aromatic N) is 2. The maximum atomic E-state index is 4.40. The largest absolute Gasteiger partial charge is 0.298 e. The summed E-state index contributed by atoms with van der Waals surface area (Å²) in [4.78, 5) is 8.18. The third-order valence-electron chi connectivity index (χ3n) is 5.89. The second kappa shape index (κ2) is 7.50. The number of allylic oxidation sites excluding steroid dienone is 1. The van der Waals surface area contributed by atoms with Gasteiger partial charge in [-0.05, 0) is 64.6 Å². The van der Waals surface area contributed by atoms with E-state index >= 15 is 0 Å². The lowest BCUT2D eigenvalue weighted by molar-refractivity contribution is 0.248. The Hall–Kier alpha value is -2.49. The summed E-state index contributed by atoms with van der Waals surface area (Å²) < 4.78 is 0. The molecule has 0 spiro atoms.